The lowest BCUT2D eigenvalue weighted by Crippen LogP contribution is -2.28. The Morgan fingerprint density at radius 1 is 1.19 bits per heavy atom. The minimum Gasteiger partial charge on any atom is -0.319 e. The Hall–Kier alpha value is -2.80. The van der Waals surface area contributed by atoms with Gasteiger partial charge >= 0.3 is 0 Å². The van der Waals surface area contributed by atoms with Crippen molar-refractivity contribution in [3.8, 4) is 5.69 Å². The average Bonchev–Trinajstić information content (AvgIpc) is 2.90. The van der Waals surface area contributed by atoms with Gasteiger partial charge in [-0.05, 0) is 37.6 Å². The zero-order valence-corrected chi connectivity index (χ0v) is 16.4. The van der Waals surface area contributed by atoms with Crippen LogP contribution in [0.4, 0.5) is 5.69 Å². The highest BCUT2D eigenvalue weighted by Gasteiger charge is 2.23. The molecule has 1 N–H and O–H groups in total. The predicted octanol–water partition coefficient (Wildman–Crippen LogP) is 3.39. The van der Waals surface area contributed by atoms with Crippen LogP contribution < -0.4 is 10.9 Å². The van der Waals surface area contributed by atoms with Gasteiger partial charge in [-0.15, -0.1) is 0 Å². The molecule has 140 valence electrons. The van der Waals surface area contributed by atoms with Crippen molar-refractivity contribution in [2.45, 2.75) is 30.5 Å². The molecule has 2 aromatic heterocycles. The van der Waals surface area contributed by atoms with Gasteiger partial charge in [0.05, 0.1) is 21.7 Å². The number of thioether (sulfide) groups is 1. The third-order valence-electron chi connectivity index (χ3n) is 4.37. The Bertz CT molecular complexity index is 980. The van der Waals surface area contributed by atoms with Gasteiger partial charge < -0.3 is 5.32 Å². The molecule has 0 bridgehead atoms. The maximum Gasteiger partial charge on any atom is 0.295 e. The molecule has 1 amide bonds. The van der Waals surface area contributed by atoms with Crippen LogP contribution in [0, 0.1) is 6.92 Å². The van der Waals surface area contributed by atoms with Gasteiger partial charge in [-0.2, -0.15) is 0 Å². The molecule has 2 heterocycles. The van der Waals surface area contributed by atoms with Gasteiger partial charge in [0.1, 0.15) is 5.69 Å². The summed E-state index contributed by atoms with van der Waals surface area (Å²) in [6.45, 7) is 3.77. The van der Waals surface area contributed by atoms with Gasteiger partial charge in [0.2, 0.25) is 5.91 Å². The lowest BCUT2D eigenvalue weighted by molar-refractivity contribution is -0.115. The van der Waals surface area contributed by atoms with E-state index in [1.807, 2.05) is 62.4 Å². The van der Waals surface area contributed by atoms with Crippen LogP contribution in [0.3, 0.4) is 0 Å². The molecular weight excluding hydrogens is 360 g/mol. The predicted molar refractivity (Wildman–Crippen MR) is 109 cm³/mol. The molecule has 0 spiro atoms. The molecule has 6 nitrogen and oxygen atoms in total. The highest BCUT2D eigenvalue weighted by Crippen LogP contribution is 2.24. The minimum atomic E-state index is -0.330. The van der Waals surface area contributed by atoms with Crippen LogP contribution in [0.1, 0.15) is 19.0 Å². The van der Waals surface area contributed by atoms with E-state index in [9.17, 15) is 9.59 Å². The second kappa shape index (κ2) is 8.26. The summed E-state index contributed by atoms with van der Waals surface area (Å²) in [6, 6.07) is 15.0. The van der Waals surface area contributed by atoms with E-state index in [4.69, 9.17) is 0 Å². The standard InChI is InChI=1S/C20H22N4O2S/c1-4-16(27-17-12-8-9-13-21-17)19(25)22-18-14(2)23(3)24(20(18)26)15-10-6-5-7-11-15/h5-13,16H,4H2,1-3H3,(H,22,25). The lowest BCUT2D eigenvalue weighted by atomic mass is 10.3. The first-order valence-electron chi connectivity index (χ1n) is 8.75. The molecule has 0 saturated heterocycles. The molecule has 3 aromatic rings. The van der Waals surface area contributed by atoms with Crippen molar-refractivity contribution < 1.29 is 4.79 Å². The van der Waals surface area contributed by atoms with Gasteiger partial charge in [-0.3, -0.25) is 14.3 Å². The highest BCUT2D eigenvalue weighted by molar-refractivity contribution is 8.00. The van der Waals surface area contributed by atoms with Gasteiger partial charge in [-0.25, -0.2) is 9.67 Å². The Kier molecular flexibility index (Phi) is 5.81. The maximum atomic E-state index is 12.9. The maximum absolute atomic E-state index is 12.9. The number of benzene rings is 1. The molecule has 27 heavy (non-hydrogen) atoms. The number of nitrogens with zero attached hydrogens (tertiary/aromatic N) is 3. The molecule has 0 saturated carbocycles. The first-order valence-corrected chi connectivity index (χ1v) is 9.63. The Balaban J connectivity index is 1.87. The van der Waals surface area contributed by atoms with Gasteiger partial charge in [-0.1, -0.05) is 43.0 Å². The number of amides is 1. The summed E-state index contributed by atoms with van der Waals surface area (Å²) in [5.74, 6) is -0.195. The number of nitrogens with one attached hydrogen (secondary N) is 1. The molecule has 1 aromatic carbocycles. The van der Waals surface area contributed by atoms with Gasteiger partial charge in [0.15, 0.2) is 0 Å². The topological polar surface area (TPSA) is 68.9 Å². The molecule has 0 aliphatic rings. The van der Waals surface area contributed by atoms with E-state index < -0.39 is 0 Å². The third-order valence-corrected chi connectivity index (χ3v) is 5.68. The van der Waals surface area contributed by atoms with E-state index in [1.54, 1.807) is 22.6 Å². The molecule has 1 unspecified atom stereocenters. The summed E-state index contributed by atoms with van der Waals surface area (Å²) in [5.41, 5.74) is 1.53. The minimum absolute atomic E-state index is 0.195. The summed E-state index contributed by atoms with van der Waals surface area (Å²) >= 11 is 1.40. The summed E-state index contributed by atoms with van der Waals surface area (Å²) in [5, 5.41) is 3.29. The van der Waals surface area contributed by atoms with Crippen molar-refractivity contribution in [3.05, 3.63) is 70.8 Å². The van der Waals surface area contributed by atoms with Crippen molar-refractivity contribution in [1.82, 2.24) is 14.3 Å². The second-order valence-corrected chi connectivity index (χ2v) is 7.33. The fraction of sp³-hybridized carbons (Fsp3) is 0.250. The van der Waals surface area contributed by atoms with Gasteiger partial charge in [0, 0.05) is 13.2 Å². The van der Waals surface area contributed by atoms with Crippen molar-refractivity contribution in [2.24, 2.45) is 7.05 Å². The first kappa shape index (κ1) is 19.0. The molecule has 0 aliphatic carbocycles. The van der Waals surface area contributed by atoms with E-state index in [0.717, 1.165) is 10.7 Å². The van der Waals surface area contributed by atoms with Crippen LogP contribution in [0.2, 0.25) is 0 Å². The largest absolute Gasteiger partial charge is 0.319 e. The van der Waals surface area contributed by atoms with Crippen LogP contribution in [0.25, 0.3) is 5.69 Å². The van der Waals surface area contributed by atoms with E-state index in [-0.39, 0.29) is 16.7 Å². The van der Waals surface area contributed by atoms with Crippen LogP contribution in [-0.2, 0) is 11.8 Å². The summed E-state index contributed by atoms with van der Waals surface area (Å²) in [4.78, 5) is 30.0. The van der Waals surface area contributed by atoms with Crippen LogP contribution in [0.15, 0.2) is 64.5 Å². The second-order valence-electron chi connectivity index (χ2n) is 6.11. The van der Waals surface area contributed by atoms with Crippen LogP contribution in [0.5, 0.6) is 0 Å². The molecule has 0 fully saturated rings. The Labute approximate surface area is 162 Å². The zero-order valence-electron chi connectivity index (χ0n) is 15.5. The number of aromatic nitrogens is 3. The fourth-order valence-corrected chi connectivity index (χ4v) is 3.70. The molecule has 7 heteroatoms. The van der Waals surface area contributed by atoms with E-state index in [2.05, 4.69) is 10.3 Å². The Morgan fingerprint density at radius 2 is 1.89 bits per heavy atom. The number of hydrogen-bond donors (Lipinski definition) is 1. The molecule has 0 radical (unpaired) electrons. The monoisotopic (exact) mass is 382 g/mol. The quantitative estimate of drug-likeness (QED) is 0.664. The normalized spacial score (nSPS) is 12.0. The highest BCUT2D eigenvalue weighted by atomic mass is 32.2. The molecule has 1 atom stereocenters. The van der Waals surface area contributed by atoms with Crippen molar-refractivity contribution in [1.29, 1.82) is 0 Å². The number of pyridine rings is 1. The van der Waals surface area contributed by atoms with E-state index in [1.165, 1.54) is 11.8 Å². The number of para-hydroxylation sites is 1. The molecule has 3 rings (SSSR count). The van der Waals surface area contributed by atoms with Crippen LogP contribution >= 0.6 is 11.8 Å². The number of rotatable bonds is 6. The number of hydrogen-bond acceptors (Lipinski definition) is 4. The average molecular weight is 382 g/mol. The number of anilines is 1. The Morgan fingerprint density at radius 3 is 2.52 bits per heavy atom. The fourth-order valence-electron chi connectivity index (χ4n) is 2.80. The zero-order chi connectivity index (χ0) is 19.4. The number of carbonyl (C=O) groups excluding carboxylic acids is 1. The van der Waals surface area contributed by atoms with Crippen molar-refractivity contribution >= 4 is 23.4 Å². The summed E-state index contributed by atoms with van der Waals surface area (Å²) in [7, 11) is 1.80. The van der Waals surface area contributed by atoms with E-state index >= 15 is 0 Å². The first-order chi connectivity index (χ1) is 13.0. The van der Waals surface area contributed by atoms with Crippen molar-refractivity contribution in [2.75, 3.05) is 5.32 Å². The lowest BCUT2D eigenvalue weighted by Gasteiger charge is -2.13. The van der Waals surface area contributed by atoms with Gasteiger partial charge in [0.25, 0.3) is 5.56 Å². The summed E-state index contributed by atoms with van der Waals surface area (Å²) < 4.78 is 3.30. The SMILES string of the molecule is CCC(Sc1ccccn1)C(=O)Nc1c(C)n(C)n(-c2ccccc2)c1=O. The third kappa shape index (κ3) is 3.98. The molecule has 0 aliphatic heterocycles. The van der Waals surface area contributed by atoms with E-state index in [0.29, 0.717) is 17.8 Å². The number of carbonyl (C=O) groups is 1. The van der Waals surface area contributed by atoms with Crippen molar-refractivity contribution in [3.63, 3.8) is 0 Å². The molecular formula is C20H22N4O2S. The smallest absolute Gasteiger partial charge is 0.295 e. The van der Waals surface area contributed by atoms with Crippen LogP contribution in [-0.4, -0.2) is 25.5 Å². The summed E-state index contributed by atoms with van der Waals surface area (Å²) in [6.07, 6.45) is 2.33.